The number of carboxylic acid groups (broad SMARTS) is 1. The SMILES string of the molecule is CC1(C(=O)O)NC(C(F)(F)F)=CO1. The Labute approximate surface area is 71.0 Å². The Morgan fingerprint density at radius 1 is 1.69 bits per heavy atom. The van der Waals surface area contributed by atoms with E-state index in [1.165, 1.54) is 0 Å². The van der Waals surface area contributed by atoms with E-state index in [4.69, 9.17) is 5.11 Å². The summed E-state index contributed by atoms with van der Waals surface area (Å²) in [6.45, 7) is 0.991. The van der Waals surface area contributed by atoms with Gasteiger partial charge in [0.2, 0.25) is 0 Å². The highest BCUT2D eigenvalue weighted by atomic mass is 19.4. The van der Waals surface area contributed by atoms with Gasteiger partial charge < -0.3 is 15.2 Å². The molecule has 0 amide bonds. The molecular weight excluding hydrogens is 191 g/mol. The fraction of sp³-hybridized carbons (Fsp3) is 0.500. The lowest BCUT2D eigenvalue weighted by atomic mass is 10.2. The zero-order valence-electron chi connectivity index (χ0n) is 6.47. The predicted octanol–water partition coefficient (Wildman–Crippen LogP) is 0.811. The maximum atomic E-state index is 12.0. The van der Waals surface area contributed by atoms with Crippen LogP contribution >= 0.6 is 0 Å². The van der Waals surface area contributed by atoms with Crippen molar-refractivity contribution in [3.63, 3.8) is 0 Å². The average molecular weight is 197 g/mol. The van der Waals surface area contributed by atoms with Crippen LogP contribution in [0.25, 0.3) is 0 Å². The van der Waals surface area contributed by atoms with E-state index in [-0.39, 0.29) is 0 Å². The van der Waals surface area contributed by atoms with E-state index in [1.54, 1.807) is 5.32 Å². The number of hydrogen-bond donors (Lipinski definition) is 2. The Kier molecular flexibility index (Phi) is 1.89. The third-order valence-corrected chi connectivity index (χ3v) is 1.50. The van der Waals surface area contributed by atoms with E-state index in [1.807, 2.05) is 0 Å². The van der Waals surface area contributed by atoms with Crippen molar-refractivity contribution in [3.8, 4) is 0 Å². The first-order chi connectivity index (χ1) is 5.76. The molecule has 1 rings (SSSR count). The van der Waals surface area contributed by atoms with Crippen molar-refractivity contribution in [1.29, 1.82) is 0 Å². The minimum absolute atomic E-state index is 0.355. The van der Waals surface area contributed by atoms with Crippen LogP contribution < -0.4 is 5.32 Å². The monoisotopic (exact) mass is 197 g/mol. The van der Waals surface area contributed by atoms with Crippen molar-refractivity contribution in [3.05, 3.63) is 12.0 Å². The van der Waals surface area contributed by atoms with Gasteiger partial charge in [0, 0.05) is 6.92 Å². The van der Waals surface area contributed by atoms with Gasteiger partial charge in [0.25, 0.3) is 5.72 Å². The largest absolute Gasteiger partial charge is 0.477 e. The fourth-order valence-electron chi connectivity index (χ4n) is 0.734. The van der Waals surface area contributed by atoms with Gasteiger partial charge in [-0.25, -0.2) is 4.79 Å². The molecule has 0 spiro atoms. The average Bonchev–Trinajstić information content (AvgIpc) is 2.31. The number of nitrogens with one attached hydrogen (secondary N) is 1. The van der Waals surface area contributed by atoms with Crippen molar-refractivity contribution in [2.24, 2.45) is 0 Å². The lowest BCUT2D eigenvalue weighted by Gasteiger charge is -2.20. The molecule has 7 heteroatoms. The smallest absolute Gasteiger partial charge is 0.434 e. The number of ether oxygens (including phenoxy) is 1. The highest BCUT2D eigenvalue weighted by Gasteiger charge is 2.47. The maximum Gasteiger partial charge on any atom is 0.434 e. The third kappa shape index (κ3) is 1.68. The molecule has 13 heavy (non-hydrogen) atoms. The van der Waals surface area contributed by atoms with Gasteiger partial charge in [-0.3, -0.25) is 0 Å². The Bertz CT molecular complexity index is 273. The molecule has 0 saturated heterocycles. The Morgan fingerprint density at radius 3 is 2.46 bits per heavy atom. The molecule has 1 aliphatic heterocycles. The number of hydrogen-bond acceptors (Lipinski definition) is 3. The van der Waals surface area contributed by atoms with Gasteiger partial charge >= 0.3 is 12.1 Å². The number of carbonyl (C=O) groups is 1. The van der Waals surface area contributed by atoms with Crippen LogP contribution in [-0.4, -0.2) is 23.0 Å². The number of aliphatic carboxylic acids is 1. The molecule has 0 radical (unpaired) electrons. The molecule has 1 aliphatic rings. The molecule has 1 atom stereocenters. The van der Waals surface area contributed by atoms with Crippen LogP contribution in [0, 0.1) is 0 Å². The van der Waals surface area contributed by atoms with Gasteiger partial charge in [0.15, 0.2) is 5.70 Å². The van der Waals surface area contributed by atoms with Gasteiger partial charge in [0.1, 0.15) is 6.26 Å². The van der Waals surface area contributed by atoms with Crippen LogP contribution in [0.2, 0.25) is 0 Å². The van der Waals surface area contributed by atoms with Crippen molar-refractivity contribution in [1.82, 2.24) is 5.32 Å². The maximum absolute atomic E-state index is 12.0. The summed E-state index contributed by atoms with van der Waals surface area (Å²) < 4.78 is 40.2. The Hall–Kier alpha value is -1.40. The van der Waals surface area contributed by atoms with E-state index >= 15 is 0 Å². The summed E-state index contributed by atoms with van der Waals surface area (Å²) >= 11 is 0. The lowest BCUT2D eigenvalue weighted by molar-refractivity contribution is -0.158. The highest BCUT2D eigenvalue weighted by molar-refractivity contribution is 5.77. The molecule has 74 valence electrons. The summed E-state index contributed by atoms with van der Waals surface area (Å²) in [5, 5.41) is 10.2. The molecule has 1 heterocycles. The number of alkyl halides is 3. The molecule has 0 fully saturated rings. The molecule has 0 saturated carbocycles. The molecule has 0 aromatic heterocycles. The normalized spacial score (nSPS) is 27.5. The first-order valence-electron chi connectivity index (χ1n) is 3.22. The first-order valence-corrected chi connectivity index (χ1v) is 3.22. The summed E-state index contributed by atoms with van der Waals surface area (Å²) in [5.41, 5.74) is -3.22. The minimum Gasteiger partial charge on any atom is -0.477 e. The molecule has 0 bridgehead atoms. The fourth-order valence-corrected chi connectivity index (χ4v) is 0.734. The quantitative estimate of drug-likeness (QED) is 0.653. The Morgan fingerprint density at radius 2 is 2.23 bits per heavy atom. The number of halogens is 3. The van der Waals surface area contributed by atoms with Crippen LogP contribution in [-0.2, 0) is 9.53 Å². The topological polar surface area (TPSA) is 58.6 Å². The zero-order valence-corrected chi connectivity index (χ0v) is 6.47. The molecular formula is C6H6F3NO3. The number of rotatable bonds is 1. The highest BCUT2D eigenvalue weighted by Crippen LogP contribution is 2.30. The summed E-state index contributed by atoms with van der Waals surface area (Å²) in [6.07, 6.45) is -4.26. The third-order valence-electron chi connectivity index (χ3n) is 1.50. The van der Waals surface area contributed by atoms with Crippen molar-refractivity contribution in [2.75, 3.05) is 0 Å². The molecule has 0 aromatic rings. The summed E-state index contributed by atoms with van der Waals surface area (Å²) in [5.74, 6) is -1.51. The van der Waals surface area contributed by atoms with E-state index in [0.717, 1.165) is 6.92 Å². The van der Waals surface area contributed by atoms with Gasteiger partial charge in [-0.05, 0) is 0 Å². The van der Waals surface area contributed by atoms with E-state index in [0.29, 0.717) is 6.26 Å². The molecule has 2 N–H and O–H groups in total. The summed E-state index contributed by atoms with van der Waals surface area (Å²) in [4.78, 5) is 10.4. The van der Waals surface area contributed by atoms with E-state index in [2.05, 4.69) is 4.74 Å². The van der Waals surface area contributed by atoms with Gasteiger partial charge in [0.05, 0.1) is 0 Å². The second-order valence-corrected chi connectivity index (χ2v) is 2.61. The second-order valence-electron chi connectivity index (χ2n) is 2.61. The Balaban J connectivity index is 2.77. The molecule has 0 aliphatic carbocycles. The molecule has 0 aromatic carbocycles. The van der Waals surface area contributed by atoms with Gasteiger partial charge in [-0.2, -0.15) is 13.2 Å². The van der Waals surface area contributed by atoms with Gasteiger partial charge in [-0.1, -0.05) is 0 Å². The van der Waals surface area contributed by atoms with Crippen LogP contribution in [0.1, 0.15) is 6.92 Å². The summed E-state index contributed by atoms with van der Waals surface area (Å²) in [7, 11) is 0. The van der Waals surface area contributed by atoms with Gasteiger partial charge in [-0.15, -0.1) is 0 Å². The van der Waals surface area contributed by atoms with E-state index in [9.17, 15) is 18.0 Å². The van der Waals surface area contributed by atoms with E-state index < -0.39 is 23.6 Å². The predicted molar refractivity (Wildman–Crippen MR) is 34.4 cm³/mol. The summed E-state index contributed by atoms with van der Waals surface area (Å²) in [6, 6.07) is 0. The first kappa shape index (κ1) is 9.69. The molecule has 4 nitrogen and oxygen atoms in total. The van der Waals surface area contributed by atoms with Crippen LogP contribution in [0.15, 0.2) is 12.0 Å². The van der Waals surface area contributed by atoms with Crippen LogP contribution in [0.5, 0.6) is 0 Å². The second kappa shape index (κ2) is 2.54. The zero-order chi connectivity index (χ0) is 10.3. The number of allylic oxidation sites excluding steroid dienone is 1. The standard InChI is InChI=1S/C6H6F3NO3/c1-5(4(11)12)10-3(2-13-5)6(7,8)9/h2,10H,1H3,(H,11,12). The lowest BCUT2D eigenvalue weighted by Crippen LogP contribution is -2.48. The molecule has 1 unspecified atom stereocenters. The van der Waals surface area contributed by atoms with Crippen molar-refractivity contribution < 1.29 is 27.8 Å². The van der Waals surface area contributed by atoms with Crippen molar-refractivity contribution in [2.45, 2.75) is 18.8 Å². The van der Waals surface area contributed by atoms with Crippen molar-refractivity contribution >= 4 is 5.97 Å². The van der Waals surface area contributed by atoms with Crippen LogP contribution in [0.4, 0.5) is 13.2 Å². The number of carboxylic acids is 1. The minimum atomic E-state index is -4.62. The van der Waals surface area contributed by atoms with Crippen LogP contribution in [0.3, 0.4) is 0 Å².